The fourth-order valence-corrected chi connectivity index (χ4v) is 4.97. The molecule has 1 N–H and O–H groups in total. The number of carbonyl (C=O) groups excluding carboxylic acids is 2. The minimum Gasteiger partial charge on any atom is -0.342 e. The van der Waals surface area contributed by atoms with Crippen molar-refractivity contribution in [3.8, 4) is 0 Å². The van der Waals surface area contributed by atoms with Crippen LogP contribution in [0.15, 0.2) is 0 Å². The van der Waals surface area contributed by atoms with Crippen LogP contribution < -0.4 is 5.32 Å². The molecule has 1 aliphatic carbocycles. The summed E-state index contributed by atoms with van der Waals surface area (Å²) in [7, 11) is 0. The Balaban J connectivity index is 1.82. The standard InChI is InChI=1S/C16H26N2O2S/c1-10(2)13-14(19)17-12(11-5-6-11)15(20)18(13)9-16(3)7-4-8-21-16/h10-13H,4-9H2,1-3H3,(H,17,19). The molecule has 1 saturated carbocycles. The SMILES string of the molecule is CC(C)C1C(=O)NC(C2CC2)C(=O)N1CC1(C)CCCS1. The van der Waals surface area contributed by atoms with Crippen molar-refractivity contribution >= 4 is 23.6 Å². The molecule has 2 amide bonds. The van der Waals surface area contributed by atoms with Crippen LogP contribution in [0.25, 0.3) is 0 Å². The summed E-state index contributed by atoms with van der Waals surface area (Å²) >= 11 is 1.96. The smallest absolute Gasteiger partial charge is 0.246 e. The van der Waals surface area contributed by atoms with Gasteiger partial charge in [-0.05, 0) is 50.2 Å². The Morgan fingerprint density at radius 2 is 2.10 bits per heavy atom. The molecular formula is C16H26N2O2S. The monoisotopic (exact) mass is 310 g/mol. The molecule has 21 heavy (non-hydrogen) atoms. The summed E-state index contributed by atoms with van der Waals surface area (Å²) in [5, 5.41) is 2.99. The van der Waals surface area contributed by atoms with Crippen LogP contribution in [0.1, 0.15) is 46.5 Å². The summed E-state index contributed by atoms with van der Waals surface area (Å²) in [5.74, 6) is 1.91. The van der Waals surface area contributed by atoms with Crippen molar-refractivity contribution in [1.82, 2.24) is 10.2 Å². The highest BCUT2D eigenvalue weighted by Crippen LogP contribution is 2.41. The summed E-state index contributed by atoms with van der Waals surface area (Å²) < 4.78 is 0.120. The van der Waals surface area contributed by atoms with Crippen molar-refractivity contribution in [2.75, 3.05) is 12.3 Å². The second-order valence-electron chi connectivity index (χ2n) is 7.38. The van der Waals surface area contributed by atoms with E-state index in [0.717, 1.165) is 25.8 Å². The Morgan fingerprint density at radius 3 is 2.62 bits per heavy atom. The van der Waals surface area contributed by atoms with E-state index in [0.29, 0.717) is 5.92 Å². The number of carbonyl (C=O) groups is 2. The Bertz CT molecular complexity index is 442. The average molecular weight is 310 g/mol. The first-order valence-electron chi connectivity index (χ1n) is 8.16. The zero-order valence-corrected chi connectivity index (χ0v) is 14.0. The van der Waals surface area contributed by atoms with Crippen molar-refractivity contribution in [2.45, 2.75) is 63.3 Å². The summed E-state index contributed by atoms with van der Waals surface area (Å²) in [5.41, 5.74) is 0. The van der Waals surface area contributed by atoms with E-state index < -0.39 is 0 Å². The fourth-order valence-electron chi connectivity index (χ4n) is 3.67. The number of piperazine rings is 1. The molecule has 3 rings (SSSR count). The van der Waals surface area contributed by atoms with Gasteiger partial charge in [0.2, 0.25) is 11.8 Å². The molecule has 0 spiro atoms. The maximum absolute atomic E-state index is 12.9. The van der Waals surface area contributed by atoms with Crippen LogP contribution in [0.4, 0.5) is 0 Å². The van der Waals surface area contributed by atoms with Crippen LogP contribution >= 0.6 is 11.8 Å². The highest BCUT2D eigenvalue weighted by atomic mass is 32.2. The van der Waals surface area contributed by atoms with Gasteiger partial charge in [0.25, 0.3) is 0 Å². The molecule has 5 heteroatoms. The molecule has 3 aliphatic rings. The van der Waals surface area contributed by atoms with E-state index in [2.05, 4.69) is 12.2 Å². The lowest BCUT2D eigenvalue weighted by Crippen LogP contribution is -2.67. The number of nitrogens with one attached hydrogen (secondary N) is 1. The van der Waals surface area contributed by atoms with Crippen LogP contribution in [0.3, 0.4) is 0 Å². The second-order valence-corrected chi connectivity index (χ2v) is 9.06. The molecule has 0 aromatic carbocycles. The van der Waals surface area contributed by atoms with E-state index in [1.165, 1.54) is 12.2 Å². The number of hydrogen-bond donors (Lipinski definition) is 1. The summed E-state index contributed by atoms with van der Waals surface area (Å²) in [6.45, 7) is 7.03. The molecule has 0 bridgehead atoms. The van der Waals surface area contributed by atoms with Gasteiger partial charge in [0.15, 0.2) is 0 Å². The summed E-state index contributed by atoms with van der Waals surface area (Å²) in [6, 6.07) is -0.562. The summed E-state index contributed by atoms with van der Waals surface area (Å²) in [6.07, 6.45) is 4.50. The molecule has 2 saturated heterocycles. The Kier molecular flexibility index (Phi) is 3.97. The minimum atomic E-state index is -0.300. The van der Waals surface area contributed by atoms with Gasteiger partial charge in [0, 0.05) is 11.3 Å². The molecule has 4 nitrogen and oxygen atoms in total. The van der Waals surface area contributed by atoms with Crippen LogP contribution in [-0.2, 0) is 9.59 Å². The van der Waals surface area contributed by atoms with E-state index in [1.54, 1.807) is 0 Å². The molecule has 0 radical (unpaired) electrons. The van der Waals surface area contributed by atoms with E-state index in [9.17, 15) is 9.59 Å². The van der Waals surface area contributed by atoms with E-state index in [4.69, 9.17) is 0 Å². The normalized spacial score (nSPS) is 37.2. The number of amides is 2. The van der Waals surface area contributed by atoms with Crippen molar-refractivity contribution in [2.24, 2.45) is 11.8 Å². The van der Waals surface area contributed by atoms with Gasteiger partial charge in [0.1, 0.15) is 12.1 Å². The zero-order chi connectivity index (χ0) is 15.2. The maximum atomic E-state index is 12.9. The summed E-state index contributed by atoms with van der Waals surface area (Å²) in [4.78, 5) is 27.3. The molecule has 0 aromatic rings. The second kappa shape index (κ2) is 5.49. The largest absolute Gasteiger partial charge is 0.342 e. The lowest BCUT2D eigenvalue weighted by Gasteiger charge is -2.44. The van der Waals surface area contributed by atoms with Crippen LogP contribution in [0, 0.1) is 11.8 Å². The predicted octanol–water partition coefficient (Wildman–Crippen LogP) is 2.03. The lowest BCUT2D eigenvalue weighted by molar-refractivity contribution is -0.152. The Hall–Kier alpha value is -0.710. The third-order valence-corrected chi connectivity index (χ3v) is 6.50. The third-order valence-electron chi connectivity index (χ3n) is 4.98. The Labute approximate surface area is 131 Å². The zero-order valence-electron chi connectivity index (χ0n) is 13.2. The molecule has 2 heterocycles. The van der Waals surface area contributed by atoms with E-state index >= 15 is 0 Å². The van der Waals surface area contributed by atoms with Crippen molar-refractivity contribution < 1.29 is 9.59 Å². The first-order valence-corrected chi connectivity index (χ1v) is 9.15. The highest BCUT2D eigenvalue weighted by Gasteiger charge is 2.49. The van der Waals surface area contributed by atoms with Crippen molar-refractivity contribution in [3.05, 3.63) is 0 Å². The highest BCUT2D eigenvalue weighted by molar-refractivity contribution is 8.00. The van der Waals surface area contributed by atoms with Crippen molar-refractivity contribution in [1.29, 1.82) is 0 Å². The molecule has 0 aromatic heterocycles. The van der Waals surface area contributed by atoms with Gasteiger partial charge in [-0.2, -0.15) is 11.8 Å². The molecular weight excluding hydrogens is 284 g/mol. The molecule has 3 unspecified atom stereocenters. The van der Waals surface area contributed by atoms with Crippen LogP contribution in [0.2, 0.25) is 0 Å². The first-order chi connectivity index (χ1) is 9.91. The molecule has 118 valence electrons. The number of hydrogen-bond acceptors (Lipinski definition) is 3. The fraction of sp³-hybridized carbons (Fsp3) is 0.875. The maximum Gasteiger partial charge on any atom is 0.246 e. The third kappa shape index (κ3) is 2.94. The van der Waals surface area contributed by atoms with Gasteiger partial charge in [0.05, 0.1) is 0 Å². The number of rotatable bonds is 4. The predicted molar refractivity (Wildman–Crippen MR) is 85.1 cm³/mol. The van der Waals surface area contributed by atoms with Gasteiger partial charge in [-0.1, -0.05) is 13.8 Å². The molecule has 3 fully saturated rings. The van der Waals surface area contributed by atoms with Gasteiger partial charge in [-0.3, -0.25) is 9.59 Å². The molecule has 3 atom stereocenters. The van der Waals surface area contributed by atoms with Crippen LogP contribution in [-0.4, -0.2) is 45.8 Å². The first kappa shape index (κ1) is 15.2. The van der Waals surface area contributed by atoms with E-state index in [1.807, 2.05) is 30.5 Å². The van der Waals surface area contributed by atoms with E-state index in [-0.39, 0.29) is 34.6 Å². The van der Waals surface area contributed by atoms with Gasteiger partial charge in [-0.15, -0.1) is 0 Å². The molecule has 2 aliphatic heterocycles. The Morgan fingerprint density at radius 1 is 1.38 bits per heavy atom. The minimum absolute atomic E-state index is 0.0492. The van der Waals surface area contributed by atoms with Crippen molar-refractivity contribution in [3.63, 3.8) is 0 Å². The van der Waals surface area contributed by atoms with Gasteiger partial charge in [-0.25, -0.2) is 0 Å². The quantitative estimate of drug-likeness (QED) is 0.864. The van der Waals surface area contributed by atoms with Gasteiger partial charge >= 0.3 is 0 Å². The van der Waals surface area contributed by atoms with Gasteiger partial charge < -0.3 is 10.2 Å². The number of thioether (sulfide) groups is 1. The number of nitrogens with zero attached hydrogens (tertiary/aromatic N) is 1. The van der Waals surface area contributed by atoms with Crippen LogP contribution in [0.5, 0.6) is 0 Å². The average Bonchev–Trinajstić information content (AvgIpc) is 3.16. The lowest BCUT2D eigenvalue weighted by atomic mass is 9.93. The topological polar surface area (TPSA) is 49.4 Å².